The van der Waals surface area contributed by atoms with E-state index in [0.717, 1.165) is 112 Å². The number of aromatic nitrogens is 4. The summed E-state index contributed by atoms with van der Waals surface area (Å²) >= 11 is 6.87. The summed E-state index contributed by atoms with van der Waals surface area (Å²) < 4.78 is 43.1. The van der Waals surface area contributed by atoms with Gasteiger partial charge in [0, 0.05) is 56.8 Å². The van der Waals surface area contributed by atoms with Gasteiger partial charge in [0.05, 0.1) is 40.2 Å². The molecule has 2 aromatic heterocycles. The van der Waals surface area contributed by atoms with Gasteiger partial charge in [-0.2, -0.15) is 18.3 Å². The van der Waals surface area contributed by atoms with E-state index in [1.165, 1.54) is 23.8 Å². The van der Waals surface area contributed by atoms with Crippen molar-refractivity contribution in [2.45, 2.75) is 126 Å². The average Bonchev–Trinajstić information content (AvgIpc) is 3.95. The molecule has 14 heteroatoms. The molecule has 1 N–H and O–H groups in total. The molecule has 1 aliphatic heterocycles. The topological polar surface area (TPSA) is 113 Å². The van der Waals surface area contributed by atoms with Crippen molar-refractivity contribution in [1.29, 1.82) is 0 Å². The smallest absolute Gasteiger partial charge is 0.344 e. The molecular formula is C51H67Br2F3N6O3. The number of alkyl halides is 3. The summed E-state index contributed by atoms with van der Waals surface area (Å²) in [6, 6.07) is 11.7. The number of benzene rings is 3. The first-order valence-corrected chi connectivity index (χ1v) is 24.0. The third-order valence-electron chi connectivity index (χ3n) is 11.3. The number of hydrogen-bond donors (Lipinski definition) is 1. The molecule has 3 heterocycles. The molecule has 0 saturated carbocycles. The highest BCUT2D eigenvalue weighted by Crippen LogP contribution is 2.38. The van der Waals surface area contributed by atoms with Crippen LogP contribution in [-0.4, -0.2) is 62.8 Å². The summed E-state index contributed by atoms with van der Waals surface area (Å²) in [5, 5.41) is 4.96. The van der Waals surface area contributed by atoms with Crippen molar-refractivity contribution in [3.8, 4) is 5.69 Å². The molecule has 5 aromatic rings. The lowest BCUT2D eigenvalue weighted by atomic mass is 9.91. The number of aryl methyl sites for hydroxylation is 2. The van der Waals surface area contributed by atoms with Crippen molar-refractivity contribution < 1.29 is 27.6 Å². The number of rotatable bonds is 13. The molecule has 65 heavy (non-hydrogen) atoms. The first-order valence-electron chi connectivity index (χ1n) is 22.4. The van der Waals surface area contributed by atoms with Crippen LogP contribution in [0.3, 0.4) is 0 Å². The van der Waals surface area contributed by atoms with Crippen molar-refractivity contribution in [3.05, 3.63) is 115 Å². The third kappa shape index (κ3) is 15.0. The van der Waals surface area contributed by atoms with Crippen LogP contribution in [0.25, 0.3) is 16.7 Å². The SMILES string of the molecule is C=CC=O.CC.CC=Nc1c(C=O)ccc(Br)c1CC.CCC(C)C(=O)c1ccc(Br)c2nc[nH]c12.CCC(C)CCc1nn(-c2ccc(C(F)(F)F)cc2C)c2c1C(CC)N(C)CC2. The fourth-order valence-corrected chi connectivity index (χ4v) is 8.39. The van der Waals surface area contributed by atoms with E-state index in [1.54, 1.807) is 31.6 Å². The zero-order valence-corrected chi connectivity index (χ0v) is 43.0. The molecule has 9 nitrogen and oxygen atoms in total. The Morgan fingerprint density at radius 3 is 2.23 bits per heavy atom. The number of nitrogens with one attached hydrogen (secondary N) is 1. The Morgan fingerprint density at radius 1 is 1.03 bits per heavy atom. The van der Waals surface area contributed by atoms with Crippen LogP contribution in [0.5, 0.6) is 0 Å². The number of Topliss-reactive ketones (excluding diaryl/α,β-unsaturated/α-hetero) is 1. The number of imidazole rings is 1. The van der Waals surface area contributed by atoms with Crippen molar-refractivity contribution in [3.63, 3.8) is 0 Å². The molecule has 0 bridgehead atoms. The Labute approximate surface area is 401 Å². The zero-order chi connectivity index (χ0) is 49.0. The highest BCUT2D eigenvalue weighted by atomic mass is 79.9. The highest BCUT2D eigenvalue weighted by molar-refractivity contribution is 9.11. The van der Waals surface area contributed by atoms with Crippen LogP contribution in [0.4, 0.5) is 18.9 Å². The van der Waals surface area contributed by atoms with Gasteiger partial charge in [0.2, 0.25) is 0 Å². The predicted molar refractivity (Wildman–Crippen MR) is 268 cm³/mol. The Balaban J connectivity index is 0.000000340. The minimum Gasteiger partial charge on any atom is -0.344 e. The molecule has 0 fully saturated rings. The minimum absolute atomic E-state index is 0.0488. The number of carbonyl (C=O) groups excluding carboxylic acids is 3. The van der Waals surface area contributed by atoms with Gasteiger partial charge in [-0.25, -0.2) is 9.67 Å². The van der Waals surface area contributed by atoms with Crippen LogP contribution >= 0.6 is 31.9 Å². The van der Waals surface area contributed by atoms with Crippen molar-refractivity contribution >= 4 is 73.2 Å². The van der Waals surface area contributed by atoms with Gasteiger partial charge in [0.25, 0.3) is 0 Å². The van der Waals surface area contributed by atoms with E-state index < -0.39 is 11.7 Å². The Kier molecular flexibility index (Phi) is 24.2. The van der Waals surface area contributed by atoms with Crippen LogP contribution < -0.4 is 0 Å². The molecule has 0 saturated heterocycles. The van der Waals surface area contributed by atoms with Crippen molar-refractivity contribution in [1.82, 2.24) is 24.6 Å². The molecule has 354 valence electrons. The quantitative estimate of drug-likeness (QED) is 0.0544. The number of aldehydes is 2. The largest absolute Gasteiger partial charge is 0.416 e. The number of nitrogens with zero attached hydrogens (tertiary/aromatic N) is 5. The molecule has 3 aromatic carbocycles. The van der Waals surface area contributed by atoms with Crippen LogP contribution in [0.1, 0.15) is 148 Å². The summed E-state index contributed by atoms with van der Waals surface area (Å²) in [7, 11) is 2.15. The highest BCUT2D eigenvalue weighted by Gasteiger charge is 2.33. The molecule has 0 radical (unpaired) electrons. The van der Waals surface area contributed by atoms with Gasteiger partial charge >= 0.3 is 6.18 Å². The van der Waals surface area contributed by atoms with E-state index >= 15 is 0 Å². The molecule has 0 spiro atoms. The van der Waals surface area contributed by atoms with E-state index in [-0.39, 0.29) is 11.7 Å². The second-order valence-electron chi connectivity index (χ2n) is 15.5. The average molecular weight is 1030 g/mol. The number of aromatic amines is 1. The predicted octanol–water partition coefficient (Wildman–Crippen LogP) is 14.6. The maximum absolute atomic E-state index is 13.1. The lowest BCUT2D eigenvalue weighted by Crippen LogP contribution is -2.32. The fourth-order valence-electron chi connectivity index (χ4n) is 7.35. The number of H-pyrrole nitrogens is 1. The fraction of sp³-hybridized carbons (Fsp3) is 0.451. The van der Waals surface area contributed by atoms with Gasteiger partial charge in [0.15, 0.2) is 12.1 Å². The Hall–Kier alpha value is -4.53. The van der Waals surface area contributed by atoms with Crippen molar-refractivity contribution in [2.75, 3.05) is 13.6 Å². The third-order valence-corrected chi connectivity index (χ3v) is 12.7. The number of allylic oxidation sites excluding steroid dienone is 1. The maximum Gasteiger partial charge on any atom is 0.416 e. The number of fused-ring (bicyclic) bond motifs is 2. The number of halogens is 5. The number of carbonyl (C=O) groups is 3. The maximum atomic E-state index is 13.1. The lowest BCUT2D eigenvalue weighted by molar-refractivity contribution is -0.137. The van der Waals surface area contributed by atoms with Gasteiger partial charge < -0.3 is 4.98 Å². The molecule has 6 rings (SSSR count). The van der Waals surface area contributed by atoms with E-state index in [1.807, 2.05) is 64.4 Å². The summed E-state index contributed by atoms with van der Waals surface area (Å²) in [6.07, 6.45) is 8.35. The van der Waals surface area contributed by atoms with Gasteiger partial charge in [-0.3, -0.25) is 24.3 Å². The Morgan fingerprint density at radius 2 is 1.69 bits per heavy atom. The number of likely N-dealkylation sites (N-methyl/N-ethyl adjacent to an activating group) is 1. The monoisotopic (exact) mass is 1030 g/mol. The first kappa shape index (κ1) is 56.6. The molecule has 3 unspecified atom stereocenters. The normalized spacial score (nSPS) is 14.2. The molecule has 1 aliphatic rings. The van der Waals surface area contributed by atoms with E-state index in [4.69, 9.17) is 9.89 Å². The minimum atomic E-state index is -4.33. The second-order valence-corrected chi connectivity index (χ2v) is 17.2. The van der Waals surface area contributed by atoms with Gasteiger partial charge in [-0.05, 0) is 135 Å². The number of hydrogen-bond acceptors (Lipinski definition) is 7. The van der Waals surface area contributed by atoms with Crippen LogP contribution in [-0.2, 0) is 30.2 Å². The Bertz CT molecular complexity index is 2350. The van der Waals surface area contributed by atoms with Gasteiger partial charge in [0.1, 0.15) is 11.8 Å². The molecular weight excluding hydrogens is 961 g/mol. The van der Waals surface area contributed by atoms with Crippen LogP contribution in [0.15, 0.2) is 75.4 Å². The number of aliphatic imine (C=N–C) groups is 1. The zero-order valence-electron chi connectivity index (χ0n) is 39.9. The summed E-state index contributed by atoms with van der Waals surface area (Å²) in [6.45, 7) is 24.3. The van der Waals surface area contributed by atoms with Crippen molar-refractivity contribution in [2.24, 2.45) is 16.8 Å². The number of ketones is 1. The molecule has 0 aliphatic carbocycles. The van der Waals surface area contributed by atoms with Crippen LogP contribution in [0.2, 0.25) is 0 Å². The molecule has 0 amide bonds. The first-order chi connectivity index (χ1) is 31.0. The molecule has 3 atom stereocenters. The van der Waals surface area contributed by atoms with E-state index in [0.29, 0.717) is 29.4 Å². The summed E-state index contributed by atoms with van der Waals surface area (Å²) in [5.41, 5.74) is 9.17. The van der Waals surface area contributed by atoms with E-state index in [2.05, 4.69) is 86.1 Å². The second kappa shape index (κ2) is 27.8. The van der Waals surface area contributed by atoms with Crippen LogP contribution in [0, 0.1) is 18.8 Å². The summed E-state index contributed by atoms with van der Waals surface area (Å²) in [4.78, 5) is 45.8. The lowest BCUT2D eigenvalue weighted by Gasteiger charge is -2.33. The van der Waals surface area contributed by atoms with Gasteiger partial charge in [-0.15, -0.1) is 0 Å². The summed E-state index contributed by atoms with van der Waals surface area (Å²) in [5.74, 6) is 0.849. The standard InChI is InChI=1S/C23H32F3N3.C12H13BrN2O.C11H12BrNO.C3H4O.C2H6/c1-6-15(3)8-10-18-22-19(7-2)28(5)13-12-21(22)29(27-18)20-11-9-17(14-16(20)4)23(24,25)26;1-3-7(2)12(16)8-4-5-9(13)11-10(8)14-6-15-11;1-3-9-10(12)6-5-8(7-14)11(9)13-4-2;1-2-3-4;1-2/h9,11,14-15,19H,6-8,10,12-13H2,1-5H3;4-7H,3H2,1-2H3,(H,14,15);4-7H,3H2,1-2H3;2-3H,1H2;1-2H3. The van der Waals surface area contributed by atoms with E-state index in [9.17, 15) is 22.8 Å². The van der Waals surface area contributed by atoms with Gasteiger partial charge in [-0.1, -0.05) is 84.3 Å².